The Morgan fingerprint density at radius 2 is 1.30 bits per heavy atom. The predicted molar refractivity (Wildman–Crippen MR) is 93.7 cm³/mol. The molecule has 0 saturated heterocycles. The van der Waals surface area contributed by atoms with E-state index in [2.05, 4.69) is 4.98 Å². The van der Waals surface area contributed by atoms with Crippen molar-refractivity contribution in [1.29, 1.82) is 0 Å². The van der Waals surface area contributed by atoms with Gasteiger partial charge in [0, 0.05) is 10.0 Å². The van der Waals surface area contributed by atoms with Crippen LogP contribution in [0.1, 0.15) is 26.0 Å². The van der Waals surface area contributed by atoms with E-state index in [9.17, 15) is 0 Å². The fourth-order valence-electron chi connectivity index (χ4n) is 1.19. The van der Waals surface area contributed by atoms with Gasteiger partial charge in [-0.15, -0.1) is 0 Å². The lowest BCUT2D eigenvalue weighted by atomic mass is 10.2. The van der Waals surface area contributed by atoms with Gasteiger partial charge in [0.05, 0.1) is 0 Å². The lowest BCUT2D eigenvalue weighted by molar-refractivity contribution is 1.29. The number of aryl methyl sites for hydroxylation is 2. The summed E-state index contributed by atoms with van der Waals surface area (Å²) in [5.41, 5.74) is 2.05. The molecule has 20 heavy (non-hydrogen) atoms. The maximum atomic E-state index is 5.72. The maximum absolute atomic E-state index is 5.72. The monoisotopic (exact) mass is 353 g/mol. The molecule has 1 aromatic carbocycles. The molecule has 1 nitrogen and oxygen atoms in total. The molecule has 0 spiro atoms. The third-order valence-electron chi connectivity index (χ3n) is 2.03. The van der Waals surface area contributed by atoms with Gasteiger partial charge in [-0.3, -0.25) is 0 Å². The van der Waals surface area contributed by atoms with Crippen LogP contribution in [-0.2, 0) is 0 Å². The average Bonchev–Trinajstić information content (AvgIpc) is 2.23. The Morgan fingerprint density at radius 3 is 1.65 bits per heavy atom. The van der Waals surface area contributed by atoms with Gasteiger partial charge in [-0.25, -0.2) is 4.98 Å². The number of hydrogen-bond acceptors (Lipinski definition) is 1. The van der Waals surface area contributed by atoms with E-state index in [0.29, 0.717) is 10.3 Å². The minimum atomic E-state index is 0. The normalized spacial score (nSPS) is 8.70. The molecule has 2 rings (SSSR count). The van der Waals surface area contributed by atoms with Gasteiger partial charge in [0.15, 0.2) is 0 Å². The Morgan fingerprint density at radius 1 is 0.800 bits per heavy atom. The van der Waals surface area contributed by atoms with Crippen LogP contribution in [0.15, 0.2) is 30.3 Å². The summed E-state index contributed by atoms with van der Waals surface area (Å²) >= 11 is 22.5. The minimum absolute atomic E-state index is 0. The summed E-state index contributed by atoms with van der Waals surface area (Å²) in [5.74, 6) is 0. The van der Waals surface area contributed by atoms with Gasteiger partial charge in [0.1, 0.15) is 10.3 Å². The van der Waals surface area contributed by atoms with Crippen molar-refractivity contribution in [1.82, 2.24) is 4.98 Å². The molecular formula is C15H19Cl4N. The van der Waals surface area contributed by atoms with E-state index in [-0.39, 0.29) is 14.9 Å². The van der Waals surface area contributed by atoms with Gasteiger partial charge in [-0.2, -0.15) is 0 Å². The van der Waals surface area contributed by atoms with Crippen LogP contribution < -0.4 is 0 Å². The first-order valence-electron chi connectivity index (χ1n) is 5.10. The third kappa shape index (κ3) is 7.96. The number of benzene rings is 1. The number of aromatic nitrogens is 1. The lowest BCUT2D eigenvalue weighted by Gasteiger charge is -1.94. The zero-order valence-corrected chi connectivity index (χ0v) is 12.9. The summed E-state index contributed by atoms with van der Waals surface area (Å²) < 4.78 is 0. The van der Waals surface area contributed by atoms with Crippen molar-refractivity contribution >= 4 is 46.4 Å². The van der Waals surface area contributed by atoms with Crippen molar-refractivity contribution in [2.24, 2.45) is 0 Å². The smallest absolute Gasteiger partial charge is 0.131 e. The Hall–Kier alpha value is -0.470. The lowest BCUT2D eigenvalue weighted by Crippen LogP contribution is -1.77. The van der Waals surface area contributed by atoms with Crippen LogP contribution in [0.2, 0.25) is 20.4 Å². The van der Waals surface area contributed by atoms with Crippen molar-refractivity contribution in [2.75, 3.05) is 0 Å². The second kappa shape index (κ2) is 10.3. The van der Waals surface area contributed by atoms with Crippen LogP contribution in [0.4, 0.5) is 0 Å². The second-order valence-electron chi connectivity index (χ2n) is 3.68. The molecule has 2 aromatic rings. The Kier molecular flexibility index (Phi) is 11.2. The molecule has 0 aliphatic rings. The Balaban J connectivity index is 0. The summed E-state index contributed by atoms with van der Waals surface area (Å²) in [5, 5.41) is 2.39. The SMILES string of the molecule is C.C.Cc1cc(Cl)ccc1Cl.Cc1cc(Cl)nc(Cl)c1. The molecule has 5 heteroatoms. The average molecular weight is 355 g/mol. The van der Waals surface area contributed by atoms with Gasteiger partial charge < -0.3 is 0 Å². The van der Waals surface area contributed by atoms with Crippen molar-refractivity contribution in [3.8, 4) is 0 Å². The van der Waals surface area contributed by atoms with Crippen LogP contribution >= 0.6 is 46.4 Å². The van der Waals surface area contributed by atoms with Crippen LogP contribution in [0.5, 0.6) is 0 Å². The predicted octanol–water partition coefficient (Wildman–Crippen LogP) is 7.27. The quantitative estimate of drug-likeness (QED) is 0.453. The van der Waals surface area contributed by atoms with E-state index in [1.54, 1.807) is 24.3 Å². The highest BCUT2D eigenvalue weighted by Crippen LogP contribution is 2.18. The highest BCUT2D eigenvalue weighted by Gasteiger charge is 1.93. The van der Waals surface area contributed by atoms with Crippen molar-refractivity contribution in [2.45, 2.75) is 28.7 Å². The van der Waals surface area contributed by atoms with Crippen molar-refractivity contribution in [3.05, 3.63) is 61.8 Å². The zero-order chi connectivity index (χ0) is 13.7. The molecule has 0 fully saturated rings. The first-order chi connectivity index (χ1) is 8.38. The highest BCUT2D eigenvalue weighted by atomic mass is 35.5. The van der Waals surface area contributed by atoms with Crippen LogP contribution in [0.3, 0.4) is 0 Å². The summed E-state index contributed by atoms with van der Waals surface area (Å²) in [6.45, 7) is 3.84. The largest absolute Gasteiger partial charge is 0.224 e. The first kappa shape index (κ1) is 21.8. The fraction of sp³-hybridized carbons (Fsp3) is 0.267. The summed E-state index contributed by atoms with van der Waals surface area (Å²) in [7, 11) is 0. The maximum Gasteiger partial charge on any atom is 0.131 e. The molecule has 0 aliphatic heterocycles. The third-order valence-corrected chi connectivity index (χ3v) is 3.07. The van der Waals surface area contributed by atoms with Crippen LogP contribution in [-0.4, -0.2) is 4.98 Å². The fourth-order valence-corrected chi connectivity index (χ4v) is 2.11. The number of pyridine rings is 1. The van der Waals surface area contributed by atoms with Crippen LogP contribution in [0, 0.1) is 13.8 Å². The summed E-state index contributed by atoms with van der Waals surface area (Å²) in [4.78, 5) is 3.77. The van der Waals surface area contributed by atoms with E-state index >= 15 is 0 Å². The number of nitrogens with zero attached hydrogens (tertiary/aromatic N) is 1. The van der Waals surface area contributed by atoms with Gasteiger partial charge in [-0.05, 0) is 55.3 Å². The molecule has 0 N–H and O–H groups in total. The van der Waals surface area contributed by atoms with E-state index in [1.165, 1.54) is 0 Å². The molecule has 0 atom stereocenters. The van der Waals surface area contributed by atoms with Gasteiger partial charge >= 0.3 is 0 Å². The van der Waals surface area contributed by atoms with Gasteiger partial charge in [0.2, 0.25) is 0 Å². The van der Waals surface area contributed by atoms with Gasteiger partial charge in [-0.1, -0.05) is 61.3 Å². The summed E-state index contributed by atoms with van der Waals surface area (Å²) in [6, 6.07) is 8.92. The molecular weight excluding hydrogens is 336 g/mol. The topological polar surface area (TPSA) is 12.9 Å². The van der Waals surface area contributed by atoms with E-state index < -0.39 is 0 Å². The number of hydrogen-bond donors (Lipinski definition) is 0. The molecule has 0 unspecified atom stereocenters. The van der Waals surface area contributed by atoms with Crippen LogP contribution in [0.25, 0.3) is 0 Å². The molecule has 1 aromatic heterocycles. The molecule has 0 aliphatic carbocycles. The molecule has 1 heterocycles. The zero-order valence-electron chi connectivity index (χ0n) is 9.85. The van der Waals surface area contributed by atoms with E-state index in [4.69, 9.17) is 46.4 Å². The standard InChI is InChI=1S/C7H6Cl2.C6H5Cl2N.2CH4/c1-5-4-6(8)2-3-7(5)9;1-4-2-5(7)9-6(8)3-4;;/h2-4H,1H3;2-3H,1H3;2*1H4. The first-order valence-corrected chi connectivity index (χ1v) is 6.61. The molecule has 0 radical (unpaired) electrons. The van der Waals surface area contributed by atoms with Crippen molar-refractivity contribution < 1.29 is 0 Å². The van der Waals surface area contributed by atoms with E-state index in [0.717, 1.165) is 21.2 Å². The number of rotatable bonds is 0. The Bertz CT molecular complexity index is 491. The highest BCUT2D eigenvalue weighted by molar-refractivity contribution is 6.33. The molecule has 0 bridgehead atoms. The molecule has 0 saturated carbocycles. The van der Waals surface area contributed by atoms with E-state index in [1.807, 2.05) is 19.9 Å². The van der Waals surface area contributed by atoms with Gasteiger partial charge in [0.25, 0.3) is 0 Å². The van der Waals surface area contributed by atoms with Crippen molar-refractivity contribution in [3.63, 3.8) is 0 Å². The minimum Gasteiger partial charge on any atom is -0.224 e. The Labute approximate surface area is 141 Å². The molecule has 112 valence electrons. The second-order valence-corrected chi connectivity index (χ2v) is 5.30. The number of halogens is 4. The molecule has 0 amide bonds. The summed E-state index contributed by atoms with van der Waals surface area (Å²) in [6.07, 6.45) is 0.